The maximum atomic E-state index is 5.52. The van der Waals surface area contributed by atoms with Gasteiger partial charge in [0.15, 0.2) is 10.9 Å². The molecule has 7 nitrogen and oxygen atoms in total. The first kappa shape index (κ1) is 20.1. The second kappa shape index (κ2) is 8.76. The van der Waals surface area contributed by atoms with Crippen molar-refractivity contribution in [3.8, 4) is 23.0 Å². The van der Waals surface area contributed by atoms with E-state index in [2.05, 4.69) is 27.4 Å². The van der Waals surface area contributed by atoms with Crippen molar-refractivity contribution < 1.29 is 9.15 Å². The van der Waals surface area contributed by atoms with Gasteiger partial charge in [-0.1, -0.05) is 30.0 Å². The van der Waals surface area contributed by atoms with Crippen LogP contribution in [-0.4, -0.2) is 31.4 Å². The molecule has 0 N–H and O–H groups in total. The average Bonchev–Trinajstić information content (AvgIpc) is 3.56. The first-order valence-corrected chi connectivity index (χ1v) is 11.1. The summed E-state index contributed by atoms with van der Waals surface area (Å²) in [5, 5.41) is 9.52. The number of hydrogen-bond donors (Lipinski definition) is 0. The van der Waals surface area contributed by atoms with Crippen LogP contribution in [0.2, 0.25) is 0 Å². The summed E-state index contributed by atoms with van der Waals surface area (Å²) in [5.74, 6) is 3.72. The van der Waals surface area contributed by atoms with Gasteiger partial charge in [0.25, 0.3) is 0 Å². The van der Waals surface area contributed by atoms with Crippen LogP contribution in [0.4, 0.5) is 0 Å². The van der Waals surface area contributed by atoms with Crippen LogP contribution in [0.3, 0.4) is 0 Å². The van der Waals surface area contributed by atoms with Gasteiger partial charge in [0.2, 0.25) is 5.82 Å². The third kappa shape index (κ3) is 3.69. The molecular weight excluding hydrogens is 422 g/mol. The molecule has 3 heterocycles. The van der Waals surface area contributed by atoms with E-state index in [1.165, 1.54) is 0 Å². The van der Waals surface area contributed by atoms with Gasteiger partial charge >= 0.3 is 0 Å². The van der Waals surface area contributed by atoms with Crippen molar-refractivity contribution in [1.29, 1.82) is 0 Å². The lowest BCUT2D eigenvalue weighted by Crippen LogP contribution is -2.03. The highest BCUT2D eigenvalue weighted by atomic mass is 32.2. The Morgan fingerprint density at radius 1 is 1.06 bits per heavy atom. The van der Waals surface area contributed by atoms with Gasteiger partial charge in [-0.25, -0.2) is 4.98 Å². The van der Waals surface area contributed by atoms with Crippen molar-refractivity contribution in [2.75, 3.05) is 7.11 Å². The summed E-state index contributed by atoms with van der Waals surface area (Å²) in [4.78, 5) is 4.89. The Morgan fingerprint density at radius 2 is 1.91 bits per heavy atom. The third-order valence-corrected chi connectivity index (χ3v) is 6.02. The molecule has 0 unspecified atom stereocenters. The van der Waals surface area contributed by atoms with Crippen molar-refractivity contribution in [2.45, 2.75) is 17.5 Å². The predicted molar refractivity (Wildman–Crippen MR) is 125 cm³/mol. The zero-order valence-electron chi connectivity index (χ0n) is 17.5. The Kier molecular flexibility index (Phi) is 5.51. The van der Waals surface area contributed by atoms with Crippen LogP contribution in [0.25, 0.3) is 28.3 Å². The Morgan fingerprint density at radius 3 is 2.66 bits per heavy atom. The summed E-state index contributed by atoms with van der Waals surface area (Å²) in [6, 6.07) is 19.8. The van der Waals surface area contributed by atoms with Crippen molar-refractivity contribution >= 4 is 22.8 Å². The maximum Gasteiger partial charge on any atom is 0.200 e. The summed E-state index contributed by atoms with van der Waals surface area (Å²) in [7, 11) is 1.67. The molecule has 0 spiro atoms. The van der Waals surface area contributed by atoms with E-state index < -0.39 is 0 Å². The normalized spacial score (nSPS) is 11.2. The Hall–Kier alpha value is -3.78. The van der Waals surface area contributed by atoms with Gasteiger partial charge in [0.05, 0.1) is 30.2 Å². The van der Waals surface area contributed by atoms with Crippen molar-refractivity contribution in [3.05, 3.63) is 85.4 Å². The number of hydrogen-bond acceptors (Lipinski definition) is 6. The number of aromatic nitrogens is 5. The molecule has 0 fully saturated rings. The van der Waals surface area contributed by atoms with E-state index in [-0.39, 0.29) is 0 Å². The van der Waals surface area contributed by atoms with Gasteiger partial charge in [-0.2, -0.15) is 0 Å². The number of fused-ring (bicyclic) bond motifs is 1. The van der Waals surface area contributed by atoms with Crippen LogP contribution in [0.5, 0.6) is 5.75 Å². The number of rotatable bonds is 8. The minimum Gasteiger partial charge on any atom is -0.497 e. The van der Waals surface area contributed by atoms with Crippen LogP contribution in [0, 0.1) is 0 Å². The molecule has 0 atom stereocenters. The number of nitrogens with zero attached hydrogens (tertiary/aromatic N) is 5. The molecule has 0 aliphatic rings. The number of benzene rings is 2. The van der Waals surface area contributed by atoms with Crippen molar-refractivity contribution in [3.63, 3.8) is 0 Å². The number of ether oxygens (including phenoxy) is 1. The van der Waals surface area contributed by atoms with Gasteiger partial charge in [-0.15, -0.1) is 16.8 Å². The highest BCUT2D eigenvalue weighted by Crippen LogP contribution is 2.30. The average molecular weight is 444 g/mol. The highest BCUT2D eigenvalue weighted by Gasteiger charge is 2.18. The molecule has 160 valence electrons. The van der Waals surface area contributed by atoms with Gasteiger partial charge in [0, 0.05) is 12.2 Å². The Labute approximate surface area is 189 Å². The van der Waals surface area contributed by atoms with Gasteiger partial charge in [-0.05, 0) is 48.5 Å². The van der Waals surface area contributed by atoms with E-state index in [0.717, 1.165) is 33.5 Å². The van der Waals surface area contributed by atoms with Crippen molar-refractivity contribution in [1.82, 2.24) is 24.3 Å². The molecule has 0 radical (unpaired) electrons. The lowest BCUT2D eigenvalue weighted by molar-refractivity contribution is 0.414. The summed E-state index contributed by atoms with van der Waals surface area (Å²) in [6.45, 7) is 4.45. The number of allylic oxidation sites excluding steroid dienone is 1. The largest absolute Gasteiger partial charge is 0.497 e. The standard InChI is InChI=1S/C24H21N5O2S/c1-3-14-28-23(21-9-6-15-31-21)26-27-24(28)32-16-22-25-19-7-4-5-8-20(19)29(22)17-10-12-18(30-2)13-11-17/h3-13,15H,1,14,16H2,2H3. The topological polar surface area (TPSA) is 70.9 Å². The zero-order chi connectivity index (χ0) is 21.9. The fourth-order valence-electron chi connectivity index (χ4n) is 3.60. The Balaban J connectivity index is 1.51. The molecule has 32 heavy (non-hydrogen) atoms. The van der Waals surface area contributed by atoms with E-state index in [4.69, 9.17) is 14.1 Å². The van der Waals surface area contributed by atoms with Crippen LogP contribution in [0.15, 0.2) is 89.2 Å². The monoisotopic (exact) mass is 443 g/mol. The second-order valence-corrected chi connectivity index (χ2v) is 7.96. The highest BCUT2D eigenvalue weighted by molar-refractivity contribution is 7.98. The van der Waals surface area contributed by atoms with E-state index in [1.54, 1.807) is 25.1 Å². The molecule has 0 saturated heterocycles. The van der Waals surface area contributed by atoms with Gasteiger partial charge < -0.3 is 9.15 Å². The predicted octanol–water partition coefficient (Wildman–Crippen LogP) is 5.36. The summed E-state index contributed by atoms with van der Waals surface area (Å²) in [6.07, 6.45) is 3.46. The van der Waals surface area contributed by atoms with Crippen LogP contribution < -0.4 is 4.74 Å². The molecule has 8 heteroatoms. The lowest BCUT2D eigenvalue weighted by atomic mass is 10.2. The molecule has 2 aromatic carbocycles. The zero-order valence-corrected chi connectivity index (χ0v) is 18.3. The lowest BCUT2D eigenvalue weighted by Gasteiger charge is -2.10. The fraction of sp³-hybridized carbons (Fsp3) is 0.125. The summed E-state index contributed by atoms with van der Waals surface area (Å²) >= 11 is 1.58. The molecule has 3 aromatic heterocycles. The van der Waals surface area contributed by atoms with Gasteiger partial charge in [-0.3, -0.25) is 9.13 Å². The molecule has 0 saturated carbocycles. The molecular formula is C24H21N5O2S. The van der Waals surface area contributed by atoms with Gasteiger partial charge in [0.1, 0.15) is 11.6 Å². The number of methoxy groups -OCH3 is 1. The number of thioether (sulfide) groups is 1. The molecule has 0 amide bonds. The molecule has 0 aliphatic carbocycles. The smallest absolute Gasteiger partial charge is 0.200 e. The second-order valence-electron chi connectivity index (χ2n) is 7.02. The first-order chi connectivity index (χ1) is 15.8. The molecule has 5 aromatic rings. The minimum atomic E-state index is 0.584. The summed E-state index contributed by atoms with van der Waals surface area (Å²) in [5.41, 5.74) is 3.03. The molecule has 0 bridgehead atoms. The van der Waals surface area contributed by atoms with E-state index in [1.807, 2.05) is 65.2 Å². The summed E-state index contributed by atoms with van der Waals surface area (Å²) < 4.78 is 15.0. The van der Waals surface area contributed by atoms with E-state index in [0.29, 0.717) is 23.9 Å². The molecule has 0 aliphatic heterocycles. The Bertz CT molecular complexity index is 1350. The minimum absolute atomic E-state index is 0.584. The fourth-order valence-corrected chi connectivity index (χ4v) is 4.47. The quantitative estimate of drug-likeness (QED) is 0.237. The van der Waals surface area contributed by atoms with E-state index >= 15 is 0 Å². The van der Waals surface area contributed by atoms with Crippen LogP contribution >= 0.6 is 11.8 Å². The third-order valence-electron chi connectivity index (χ3n) is 5.06. The SMILES string of the molecule is C=CCn1c(SCc2nc3ccccc3n2-c2ccc(OC)cc2)nnc1-c1ccco1. The van der Waals surface area contributed by atoms with E-state index in [9.17, 15) is 0 Å². The van der Waals surface area contributed by atoms with Crippen LogP contribution in [-0.2, 0) is 12.3 Å². The number of para-hydroxylation sites is 2. The van der Waals surface area contributed by atoms with Crippen LogP contribution in [0.1, 0.15) is 5.82 Å². The van der Waals surface area contributed by atoms with Crippen molar-refractivity contribution in [2.24, 2.45) is 0 Å². The molecule has 5 rings (SSSR count). The maximum absolute atomic E-state index is 5.52. The number of imidazole rings is 1. The first-order valence-electron chi connectivity index (χ1n) is 10.1. The number of furan rings is 1.